The summed E-state index contributed by atoms with van der Waals surface area (Å²) < 4.78 is 28.2. The van der Waals surface area contributed by atoms with E-state index < -0.39 is 17.7 Å². The summed E-state index contributed by atoms with van der Waals surface area (Å²) in [6.45, 7) is 1.64. The molecule has 0 bridgehead atoms. The highest BCUT2D eigenvalue weighted by molar-refractivity contribution is 9.10. The topological polar surface area (TPSA) is 35.8 Å². The van der Waals surface area contributed by atoms with E-state index >= 15 is 0 Å². The summed E-state index contributed by atoms with van der Waals surface area (Å²) in [5, 5.41) is 12.0. The molecule has 2 rings (SSSR count). The Bertz CT molecular complexity index is 660. The summed E-state index contributed by atoms with van der Waals surface area (Å²) in [5.41, 5.74) is 0.896. The van der Waals surface area contributed by atoms with Gasteiger partial charge in [-0.15, -0.1) is 0 Å². The molecule has 0 aliphatic carbocycles. The van der Waals surface area contributed by atoms with Gasteiger partial charge < -0.3 is 5.32 Å². The molecular formula is C15H11BrF2N2. The number of nitrogens with zero attached hydrogens (tertiary/aromatic N) is 1. The molecule has 1 atom stereocenters. The summed E-state index contributed by atoms with van der Waals surface area (Å²) in [5.74, 6) is -1.22. The lowest BCUT2D eigenvalue weighted by molar-refractivity contribution is 0.544. The highest BCUT2D eigenvalue weighted by atomic mass is 79.9. The van der Waals surface area contributed by atoms with Crippen LogP contribution in [-0.2, 0) is 0 Å². The van der Waals surface area contributed by atoms with Crippen LogP contribution in [-0.4, -0.2) is 0 Å². The zero-order valence-corrected chi connectivity index (χ0v) is 12.2. The first-order chi connectivity index (χ1) is 9.52. The third-order valence-corrected chi connectivity index (χ3v) is 3.40. The first kappa shape index (κ1) is 14.5. The molecule has 0 amide bonds. The molecule has 5 heteroatoms. The minimum Gasteiger partial charge on any atom is -0.377 e. The number of nitriles is 1. The lowest BCUT2D eigenvalue weighted by atomic mass is 10.1. The highest BCUT2D eigenvalue weighted by Gasteiger charge is 2.16. The Morgan fingerprint density at radius 3 is 2.45 bits per heavy atom. The van der Waals surface area contributed by atoms with E-state index in [0.29, 0.717) is 11.3 Å². The van der Waals surface area contributed by atoms with Crippen LogP contribution >= 0.6 is 15.9 Å². The van der Waals surface area contributed by atoms with E-state index in [1.165, 1.54) is 18.2 Å². The van der Waals surface area contributed by atoms with Crippen molar-refractivity contribution >= 4 is 21.6 Å². The van der Waals surface area contributed by atoms with E-state index in [9.17, 15) is 8.78 Å². The molecular weight excluding hydrogens is 326 g/mol. The van der Waals surface area contributed by atoms with Gasteiger partial charge in [-0.1, -0.05) is 22.0 Å². The number of nitrogens with one attached hydrogen (secondary N) is 1. The Labute approximate surface area is 124 Å². The Hall–Kier alpha value is -1.93. The predicted octanol–water partition coefficient (Wildman–Crippen LogP) is 4.77. The zero-order valence-electron chi connectivity index (χ0n) is 10.6. The molecule has 0 saturated carbocycles. The SMILES string of the molecule is CC(Nc1ccc(Br)cc1C#N)c1c(F)cccc1F. The van der Waals surface area contributed by atoms with E-state index in [4.69, 9.17) is 5.26 Å². The fourth-order valence-corrected chi connectivity index (χ4v) is 2.33. The third kappa shape index (κ3) is 2.97. The maximum Gasteiger partial charge on any atom is 0.131 e. The van der Waals surface area contributed by atoms with Gasteiger partial charge in [-0.25, -0.2) is 8.78 Å². The van der Waals surface area contributed by atoms with Crippen molar-refractivity contribution in [2.75, 3.05) is 5.32 Å². The fourth-order valence-electron chi connectivity index (χ4n) is 1.96. The van der Waals surface area contributed by atoms with E-state index in [-0.39, 0.29) is 5.56 Å². The molecule has 0 aromatic heterocycles. The molecule has 2 aromatic carbocycles. The van der Waals surface area contributed by atoms with Gasteiger partial charge in [0, 0.05) is 10.0 Å². The van der Waals surface area contributed by atoms with Crippen molar-refractivity contribution in [3.8, 4) is 6.07 Å². The largest absolute Gasteiger partial charge is 0.377 e. The standard InChI is InChI=1S/C15H11BrF2N2/c1-9(15-12(17)3-2-4-13(15)18)20-14-6-5-11(16)7-10(14)8-19/h2-7,9,20H,1H3. The smallest absolute Gasteiger partial charge is 0.131 e. The van der Waals surface area contributed by atoms with Crippen molar-refractivity contribution in [1.29, 1.82) is 5.26 Å². The Balaban J connectivity index is 2.33. The van der Waals surface area contributed by atoms with Crippen LogP contribution in [0, 0.1) is 23.0 Å². The summed E-state index contributed by atoms with van der Waals surface area (Å²) >= 11 is 3.27. The molecule has 0 fully saturated rings. The van der Waals surface area contributed by atoms with Gasteiger partial charge in [0.25, 0.3) is 0 Å². The Morgan fingerprint density at radius 2 is 1.85 bits per heavy atom. The second-order valence-corrected chi connectivity index (χ2v) is 5.22. The van der Waals surface area contributed by atoms with Crippen LogP contribution in [0.5, 0.6) is 0 Å². The molecule has 2 aromatic rings. The molecule has 0 radical (unpaired) electrons. The minimum atomic E-state index is -0.611. The quantitative estimate of drug-likeness (QED) is 0.876. The van der Waals surface area contributed by atoms with Crippen LogP contribution < -0.4 is 5.32 Å². The molecule has 0 aliphatic heterocycles. The van der Waals surface area contributed by atoms with E-state index in [1.54, 1.807) is 25.1 Å². The van der Waals surface area contributed by atoms with E-state index in [1.807, 2.05) is 6.07 Å². The highest BCUT2D eigenvalue weighted by Crippen LogP contribution is 2.27. The first-order valence-corrected chi connectivity index (χ1v) is 6.72. The molecule has 2 nitrogen and oxygen atoms in total. The van der Waals surface area contributed by atoms with E-state index in [0.717, 1.165) is 4.47 Å². The normalized spacial score (nSPS) is 11.8. The molecule has 0 heterocycles. The van der Waals surface area contributed by atoms with Crippen LogP contribution in [0.15, 0.2) is 40.9 Å². The van der Waals surface area contributed by atoms with Crippen molar-refractivity contribution in [3.63, 3.8) is 0 Å². The van der Waals surface area contributed by atoms with Crippen LogP contribution in [0.4, 0.5) is 14.5 Å². The number of benzene rings is 2. The Kier molecular flexibility index (Phi) is 4.35. The van der Waals surface area contributed by atoms with Gasteiger partial charge >= 0.3 is 0 Å². The number of rotatable bonds is 3. The number of anilines is 1. The van der Waals surface area contributed by atoms with Crippen molar-refractivity contribution in [3.05, 3.63) is 63.6 Å². The van der Waals surface area contributed by atoms with Gasteiger partial charge in [-0.2, -0.15) is 5.26 Å². The van der Waals surface area contributed by atoms with Gasteiger partial charge in [0.2, 0.25) is 0 Å². The Morgan fingerprint density at radius 1 is 1.20 bits per heavy atom. The minimum absolute atomic E-state index is 0.0423. The molecule has 0 spiro atoms. The molecule has 20 heavy (non-hydrogen) atoms. The van der Waals surface area contributed by atoms with Gasteiger partial charge in [0.15, 0.2) is 0 Å². The average Bonchev–Trinajstić information content (AvgIpc) is 2.40. The van der Waals surface area contributed by atoms with Gasteiger partial charge in [-0.05, 0) is 37.3 Å². The third-order valence-electron chi connectivity index (χ3n) is 2.91. The lowest BCUT2D eigenvalue weighted by Gasteiger charge is -2.18. The van der Waals surface area contributed by atoms with Crippen molar-refractivity contribution in [2.24, 2.45) is 0 Å². The number of hydrogen-bond donors (Lipinski definition) is 1. The maximum atomic E-state index is 13.7. The van der Waals surface area contributed by atoms with E-state index in [2.05, 4.69) is 21.2 Å². The molecule has 1 unspecified atom stereocenters. The predicted molar refractivity (Wildman–Crippen MR) is 77.3 cm³/mol. The van der Waals surface area contributed by atoms with Crippen LogP contribution in [0.3, 0.4) is 0 Å². The number of hydrogen-bond acceptors (Lipinski definition) is 2. The summed E-state index contributed by atoms with van der Waals surface area (Å²) in [7, 11) is 0. The number of halogens is 3. The molecule has 0 saturated heterocycles. The first-order valence-electron chi connectivity index (χ1n) is 5.93. The van der Waals surface area contributed by atoms with Gasteiger partial charge in [0.1, 0.15) is 17.7 Å². The lowest BCUT2D eigenvalue weighted by Crippen LogP contribution is -2.11. The second kappa shape index (κ2) is 6.02. The summed E-state index contributed by atoms with van der Waals surface area (Å²) in [6.07, 6.45) is 0. The molecule has 1 N–H and O–H groups in total. The van der Waals surface area contributed by atoms with Crippen LogP contribution in [0.1, 0.15) is 24.1 Å². The van der Waals surface area contributed by atoms with Crippen LogP contribution in [0.2, 0.25) is 0 Å². The van der Waals surface area contributed by atoms with Gasteiger partial charge in [-0.3, -0.25) is 0 Å². The molecule has 0 aliphatic rings. The average molecular weight is 337 g/mol. The van der Waals surface area contributed by atoms with Gasteiger partial charge in [0.05, 0.1) is 17.3 Å². The fraction of sp³-hybridized carbons (Fsp3) is 0.133. The van der Waals surface area contributed by atoms with Crippen molar-refractivity contribution in [1.82, 2.24) is 0 Å². The monoisotopic (exact) mass is 336 g/mol. The maximum absolute atomic E-state index is 13.7. The summed E-state index contributed by atoms with van der Waals surface area (Å²) in [6, 6.07) is 10.3. The van der Waals surface area contributed by atoms with Crippen molar-refractivity contribution < 1.29 is 8.78 Å². The second-order valence-electron chi connectivity index (χ2n) is 4.30. The molecule has 102 valence electrons. The summed E-state index contributed by atoms with van der Waals surface area (Å²) in [4.78, 5) is 0. The van der Waals surface area contributed by atoms with Crippen LogP contribution in [0.25, 0.3) is 0 Å². The zero-order chi connectivity index (χ0) is 14.7. The van der Waals surface area contributed by atoms with Crippen molar-refractivity contribution in [2.45, 2.75) is 13.0 Å².